The second kappa shape index (κ2) is 5.86. The SMILES string of the molecule is O=C(c1cc(Br)cnc1Cl)N1CCC2(O)CCCCC2C1. The normalized spacial score (nSPS) is 29.1. The lowest BCUT2D eigenvalue weighted by atomic mass is 9.71. The summed E-state index contributed by atoms with van der Waals surface area (Å²) >= 11 is 9.37. The summed E-state index contributed by atoms with van der Waals surface area (Å²) in [6.45, 7) is 1.19. The van der Waals surface area contributed by atoms with E-state index in [1.165, 1.54) is 0 Å². The number of hydrogen-bond donors (Lipinski definition) is 1. The van der Waals surface area contributed by atoms with Crippen LogP contribution in [-0.4, -0.2) is 39.6 Å². The van der Waals surface area contributed by atoms with Crippen molar-refractivity contribution in [2.75, 3.05) is 13.1 Å². The summed E-state index contributed by atoms with van der Waals surface area (Å²) in [7, 11) is 0. The Hall–Kier alpha value is -0.650. The van der Waals surface area contributed by atoms with Crippen molar-refractivity contribution in [3.8, 4) is 0 Å². The molecule has 21 heavy (non-hydrogen) atoms. The summed E-state index contributed by atoms with van der Waals surface area (Å²) in [4.78, 5) is 18.5. The minimum Gasteiger partial charge on any atom is -0.389 e. The van der Waals surface area contributed by atoms with Crippen LogP contribution in [0.2, 0.25) is 5.15 Å². The fourth-order valence-electron chi connectivity index (χ4n) is 3.50. The number of aliphatic hydroxyl groups is 1. The molecule has 1 saturated heterocycles. The maximum absolute atomic E-state index is 12.7. The molecule has 1 aliphatic carbocycles. The number of fused-ring (bicyclic) bond motifs is 1. The molecule has 1 N–H and O–H groups in total. The maximum atomic E-state index is 12.7. The Labute approximate surface area is 137 Å². The average molecular weight is 374 g/mol. The summed E-state index contributed by atoms with van der Waals surface area (Å²) in [6.07, 6.45) is 6.30. The van der Waals surface area contributed by atoms with Crippen LogP contribution in [0.3, 0.4) is 0 Å². The summed E-state index contributed by atoms with van der Waals surface area (Å²) in [5, 5.41) is 10.9. The number of rotatable bonds is 1. The lowest BCUT2D eigenvalue weighted by molar-refractivity contribution is -0.0886. The number of nitrogens with zero attached hydrogens (tertiary/aromatic N) is 2. The molecule has 114 valence electrons. The van der Waals surface area contributed by atoms with Crippen molar-refractivity contribution >= 4 is 33.4 Å². The van der Waals surface area contributed by atoms with Crippen molar-refractivity contribution in [3.05, 3.63) is 27.5 Å². The number of aromatic nitrogens is 1. The van der Waals surface area contributed by atoms with Crippen molar-refractivity contribution < 1.29 is 9.90 Å². The predicted octanol–water partition coefficient (Wildman–Crippen LogP) is 3.26. The van der Waals surface area contributed by atoms with Gasteiger partial charge in [0, 0.05) is 29.7 Å². The minimum atomic E-state index is -0.575. The Bertz CT molecular complexity index is 569. The van der Waals surface area contributed by atoms with Gasteiger partial charge in [0.05, 0.1) is 11.2 Å². The molecule has 0 radical (unpaired) electrons. The molecule has 4 nitrogen and oxygen atoms in total. The Morgan fingerprint density at radius 1 is 1.48 bits per heavy atom. The van der Waals surface area contributed by atoms with Gasteiger partial charge in [0.1, 0.15) is 5.15 Å². The Morgan fingerprint density at radius 3 is 3.10 bits per heavy atom. The summed E-state index contributed by atoms with van der Waals surface area (Å²) in [6, 6.07) is 1.71. The molecule has 1 aromatic heterocycles. The van der Waals surface area contributed by atoms with Crippen molar-refractivity contribution in [1.82, 2.24) is 9.88 Å². The number of amides is 1. The van der Waals surface area contributed by atoms with E-state index in [4.69, 9.17) is 11.6 Å². The molecule has 1 saturated carbocycles. The van der Waals surface area contributed by atoms with Crippen molar-refractivity contribution in [3.63, 3.8) is 0 Å². The number of carbonyl (C=O) groups excluding carboxylic acids is 1. The number of halogens is 2. The summed E-state index contributed by atoms with van der Waals surface area (Å²) in [5.41, 5.74) is -0.152. The molecule has 2 heterocycles. The van der Waals surface area contributed by atoms with E-state index in [1.807, 2.05) is 0 Å². The Morgan fingerprint density at radius 2 is 2.29 bits per heavy atom. The molecule has 0 bridgehead atoms. The van der Waals surface area contributed by atoms with Gasteiger partial charge in [0.2, 0.25) is 0 Å². The fraction of sp³-hybridized carbons (Fsp3) is 0.600. The van der Waals surface area contributed by atoms with Crippen molar-refractivity contribution in [2.24, 2.45) is 5.92 Å². The molecule has 6 heteroatoms. The van der Waals surface area contributed by atoms with Gasteiger partial charge in [-0.3, -0.25) is 4.79 Å². The van der Waals surface area contributed by atoms with Crippen LogP contribution in [0.5, 0.6) is 0 Å². The summed E-state index contributed by atoms with van der Waals surface area (Å²) < 4.78 is 0.737. The van der Waals surface area contributed by atoms with Gasteiger partial charge in [-0.2, -0.15) is 0 Å². The zero-order valence-corrected chi connectivity index (χ0v) is 14.0. The van der Waals surface area contributed by atoms with Crippen LogP contribution in [-0.2, 0) is 0 Å². The van der Waals surface area contributed by atoms with Gasteiger partial charge in [-0.15, -0.1) is 0 Å². The molecule has 1 aliphatic heterocycles. The molecule has 1 amide bonds. The van der Waals surface area contributed by atoms with Gasteiger partial charge in [-0.1, -0.05) is 24.4 Å². The molecular formula is C15H18BrClN2O2. The average Bonchev–Trinajstić information content (AvgIpc) is 2.48. The van der Waals surface area contributed by atoms with Crippen molar-refractivity contribution in [1.29, 1.82) is 0 Å². The highest BCUT2D eigenvalue weighted by Crippen LogP contribution is 2.40. The molecule has 1 aromatic rings. The Balaban J connectivity index is 1.79. The van der Waals surface area contributed by atoms with Gasteiger partial charge in [-0.25, -0.2) is 4.98 Å². The quantitative estimate of drug-likeness (QED) is 0.769. The van der Waals surface area contributed by atoms with Crippen LogP contribution in [0.25, 0.3) is 0 Å². The highest BCUT2D eigenvalue weighted by Gasteiger charge is 2.44. The van der Waals surface area contributed by atoms with Crippen molar-refractivity contribution in [2.45, 2.75) is 37.7 Å². The second-order valence-electron chi connectivity index (χ2n) is 6.04. The van der Waals surface area contributed by atoms with Crippen LogP contribution >= 0.6 is 27.5 Å². The number of hydrogen-bond acceptors (Lipinski definition) is 3. The number of likely N-dealkylation sites (tertiary alicyclic amines) is 1. The molecule has 0 aromatic carbocycles. The number of piperidine rings is 1. The zero-order chi connectivity index (χ0) is 15.0. The van der Waals surface area contributed by atoms with Crippen LogP contribution in [0, 0.1) is 5.92 Å². The number of carbonyl (C=O) groups is 1. The lowest BCUT2D eigenvalue weighted by Crippen LogP contribution is -2.54. The van der Waals surface area contributed by atoms with E-state index in [0.717, 1.165) is 30.2 Å². The number of pyridine rings is 1. The van der Waals surface area contributed by atoms with Gasteiger partial charge in [-0.05, 0) is 41.3 Å². The van der Waals surface area contributed by atoms with E-state index >= 15 is 0 Å². The first-order valence-electron chi connectivity index (χ1n) is 7.32. The van der Waals surface area contributed by atoms with Gasteiger partial charge in [0.15, 0.2) is 0 Å². The van der Waals surface area contributed by atoms with Crippen LogP contribution in [0.15, 0.2) is 16.7 Å². The first-order chi connectivity index (χ1) is 9.99. The third-order valence-corrected chi connectivity index (χ3v) is 5.49. The van der Waals surface area contributed by atoms with E-state index in [9.17, 15) is 9.90 Å². The molecule has 2 unspecified atom stereocenters. The summed E-state index contributed by atoms with van der Waals surface area (Å²) in [5.74, 6) is 0.0873. The topological polar surface area (TPSA) is 53.4 Å². The fourth-order valence-corrected chi connectivity index (χ4v) is 4.01. The molecule has 2 fully saturated rings. The molecule has 2 aliphatic rings. The van der Waals surface area contributed by atoms with Crippen LogP contribution in [0.4, 0.5) is 0 Å². The van der Waals surface area contributed by atoms with E-state index in [1.54, 1.807) is 17.2 Å². The van der Waals surface area contributed by atoms with Gasteiger partial charge >= 0.3 is 0 Å². The third-order valence-electron chi connectivity index (χ3n) is 4.75. The standard InChI is InChI=1S/C15H18BrClN2O2/c16-11-7-12(13(17)18-8-11)14(20)19-6-5-15(21)4-2-1-3-10(15)9-19/h7-8,10,21H,1-6,9H2. The predicted molar refractivity (Wildman–Crippen MR) is 84.4 cm³/mol. The van der Waals surface area contributed by atoms with Gasteiger partial charge < -0.3 is 10.0 Å². The first kappa shape index (κ1) is 15.3. The lowest BCUT2D eigenvalue weighted by Gasteiger charge is -2.47. The zero-order valence-electron chi connectivity index (χ0n) is 11.7. The van der Waals surface area contributed by atoms with E-state index in [2.05, 4.69) is 20.9 Å². The largest absolute Gasteiger partial charge is 0.389 e. The first-order valence-corrected chi connectivity index (χ1v) is 8.49. The van der Waals surface area contributed by atoms with E-state index < -0.39 is 5.60 Å². The van der Waals surface area contributed by atoms with Crippen LogP contribution < -0.4 is 0 Å². The third kappa shape index (κ3) is 2.96. The smallest absolute Gasteiger partial charge is 0.257 e. The second-order valence-corrected chi connectivity index (χ2v) is 7.31. The van der Waals surface area contributed by atoms with E-state index in [-0.39, 0.29) is 17.0 Å². The monoisotopic (exact) mass is 372 g/mol. The Kier molecular flexibility index (Phi) is 4.26. The molecular weight excluding hydrogens is 356 g/mol. The van der Waals surface area contributed by atoms with Crippen LogP contribution in [0.1, 0.15) is 42.5 Å². The van der Waals surface area contributed by atoms with E-state index in [0.29, 0.717) is 25.1 Å². The molecule has 3 rings (SSSR count). The maximum Gasteiger partial charge on any atom is 0.257 e. The highest BCUT2D eigenvalue weighted by molar-refractivity contribution is 9.10. The highest BCUT2D eigenvalue weighted by atomic mass is 79.9. The molecule has 2 atom stereocenters. The van der Waals surface area contributed by atoms with Gasteiger partial charge in [0.25, 0.3) is 5.91 Å². The molecule has 0 spiro atoms. The minimum absolute atomic E-state index is 0.0959.